The highest BCUT2D eigenvalue weighted by atomic mass is 32.2. The van der Waals surface area contributed by atoms with Gasteiger partial charge in [0.15, 0.2) is 0 Å². The molecule has 1 rings (SSSR count). The van der Waals surface area contributed by atoms with Gasteiger partial charge in [0.25, 0.3) is 0 Å². The van der Waals surface area contributed by atoms with E-state index in [-0.39, 0.29) is 30.3 Å². The zero-order chi connectivity index (χ0) is 13.9. The smallest absolute Gasteiger partial charge is 0.223 e. The third-order valence-electron chi connectivity index (χ3n) is 3.19. The number of hydrogen-bond donors (Lipinski definition) is 1. The lowest BCUT2D eigenvalue weighted by Gasteiger charge is -2.22. The summed E-state index contributed by atoms with van der Waals surface area (Å²) in [5.41, 5.74) is 5.50. The minimum atomic E-state index is -3.53. The van der Waals surface area contributed by atoms with Crippen molar-refractivity contribution in [1.29, 1.82) is 0 Å². The van der Waals surface area contributed by atoms with Crippen LogP contribution in [0.2, 0.25) is 0 Å². The fourth-order valence-electron chi connectivity index (χ4n) is 2.11. The number of nitrogens with two attached hydrogens (primary N) is 1. The Bertz CT molecular complexity index is 387. The lowest BCUT2D eigenvalue weighted by Crippen LogP contribution is -2.43. The van der Waals surface area contributed by atoms with Gasteiger partial charge in [0.05, 0.1) is 17.2 Å². The van der Waals surface area contributed by atoms with Gasteiger partial charge in [-0.15, -0.1) is 0 Å². The van der Waals surface area contributed by atoms with Crippen LogP contribution in [-0.4, -0.2) is 62.5 Å². The number of ether oxygens (including phenoxy) is 2. The number of sulfonamides is 1. The van der Waals surface area contributed by atoms with Crippen LogP contribution >= 0.6 is 12.2 Å². The quantitative estimate of drug-likeness (QED) is 0.679. The van der Waals surface area contributed by atoms with Gasteiger partial charge >= 0.3 is 0 Å². The van der Waals surface area contributed by atoms with E-state index in [0.29, 0.717) is 6.42 Å². The predicted molar refractivity (Wildman–Crippen MR) is 73.0 cm³/mol. The molecule has 1 saturated heterocycles. The number of methoxy groups -OCH3 is 2. The van der Waals surface area contributed by atoms with Crippen molar-refractivity contribution in [3.05, 3.63) is 0 Å². The first kappa shape index (κ1) is 15.8. The molecular formula is C10H20N2O4S2. The Morgan fingerprint density at radius 2 is 1.83 bits per heavy atom. The Morgan fingerprint density at radius 1 is 1.39 bits per heavy atom. The molecule has 0 amide bonds. The van der Waals surface area contributed by atoms with Crippen molar-refractivity contribution < 1.29 is 17.9 Å². The molecule has 106 valence electrons. The van der Waals surface area contributed by atoms with Crippen molar-refractivity contribution in [3.63, 3.8) is 0 Å². The minimum absolute atomic E-state index is 0.00679. The highest BCUT2D eigenvalue weighted by Gasteiger charge is 2.42. The number of hydrogen-bond acceptors (Lipinski definition) is 5. The van der Waals surface area contributed by atoms with E-state index in [0.717, 1.165) is 0 Å². The van der Waals surface area contributed by atoms with Crippen LogP contribution in [0.5, 0.6) is 0 Å². The van der Waals surface area contributed by atoms with Gasteiger partial charge in [-0.05, 0) is 6.42 Å². The summed E-state index contributed by atoms with van der Waals surface area (Å²) in [4.78, 5) is 0.00679. The Kier molecular flexibility index (Phi) is 5.47. The molecule has 3 unspecified atom stereocenters. The largest absolute Gasteiger partial charge is 0.392 e. The van der Waals surface area contributed by atoms with Gasteiger partial charge in [-0.1, -0.05) is 19.1 Å². The van der Waals surface area contributed by atoms with Crippen molar-refractivity contribution in [2.75, 3.05) is 27.3 Å². The first-order valence-electron chi connectivity index (χ1n) is 5.72. The molecule has 0 saturated carbocycles. The average Bonchev–Trinajstić information content (AvgIpc) is 2.72. The summed E-state index contributed by atoms with van der Waals surface area (Å²) in [6, 6.07) is 0. The fraction of sp³-hybridized carbons (Fsp3) is 0.900. The van der Waals surface area contributed by atoms with Crippen LogP contribution in [0.1, 0.15) is 13.3 Å². The van der Waals surface area contributed by atoms with E-state index < -0.39 is 15.3 Å². The molecule has 1 fully saturated rings. The third-order valence-corrected chi connectivity index (χ3v) is 5.95. The predicted octanol–water partition coefficient (Wildman–Crippen LogP) is -0.273. The lowest BCUT2D eigenvalue weighted by molar-refractivity contribution is -0.00461. The fourth-order valence-corrected chi connectivity index (χ4v) is 4.43. The van der Waals surface area contributed by atoms with Crippen molar-refractivity contribution in [3.8, 4) is 0 Å². The van der Waals surface area contributed by atoms with Crippen LogP contribution in [0, 0.1) is 0 Å². The zero-order valence-electron chi connectivity index (χ0n) is 10.8. The first-order chi connectivity index (χ1) is 8.38. The van der Waals surface area contributed by atoms with Crippen LogP contribution in [0.4, 0.5) is 0 Å². The summed E-state index contributed by atoms with van der Waals surface area (Å²) in [7, 11) is -0.450. The molecule has 0 bridgehead atoms. The normalized spacial score (nSPS) is 27.3. The van der Waals surface area contributed by atoms with Crippen LogP contribution in [0.3, 0.4) is 0 Å². The van der Waals surface area contributed by atoms with Crippen molar-refractivity contribution in [1.82, 2.24) is 4.31 Å². The van der Waals surface area contributed by atoms with Gasteiger partial charge in [-0.3, -0.25) is 0 Å². The Morgan fingerprint density at radius 3 is 2.11 bits per heavy atom. The highest BCUT2D eigenvalue weighted by Crippen LogP contribution is 2.22. The summed E-state index contributed by atoms with van der Waals surface area (Å²) in [5, 5.41) is -0.819. The topological polar surface area (TPSA) is 81.9 Å². The SMILES string of the molecule is CCC(C(N)=S)S(=O)(=O)N1CC(OC)C(OC)C1. The van der Waals surface area contributed by atoms with E-state index in [1.807, 2.05) is 0 Å². The summed E-state index contributed by atoms with van der Waals surface area (Å²) in [5.74, 6) is 0. The summed E-state index contributed by atoms with van der Waals surface area (Å²) >= 11 is 4.82. The highest BCUT2D eigenvalue weighted by molar-refractivity contribution is 7.92. The van der Waals surface area contributed by atoms with E-state index in [2.05, 4.69) is 0 Å². The van der Waals surface area contributed by atoms with Crippen LogP contribution in [0.25, 0.3) is 0 Å². The summed E-state index contributed by atoms with van der Waals surface area (Å²) in [6.07, 6.45) is -0.147. The van der Waals surface area contributed by atoms with E-state index in [9.17, 15) is 8.42 Å². The lowest BCUT2D eigenvalue weighted by atomic mass is 10.3. The van der Waals surface area contributed by atoms with Crippen LogP contribution < -0.4 is 5.73 Å². The zero-order valence-corrected chi connectivity index (χ0v) is 12.5. The van der Waals surface area contributed by atoms with E-state index >= 15 is 0 Å². The summed E-state index contributed by atoms with van der Waals surface area (Å²) in [6.45, 7) is 2.30. The standard InChI is InChI=1S/C10H20N2O4S2/c1-4-9(10(11)17)18(13,14)12-5-7(15-2)8(6-12)16-3/h7-9H,4-6H2,1-3H3,(H2,11,17). The number of nitrogens with zero attached hydrogens (tertiary/aromatic N) is 1. The maximum absolute atomic E-state index is 12.4. The molecule has 0 aromatic rings. The molecule has 0 spiro atoms. The van der Waals surface area contributed by atoms with Gasteiger partial charge in [-0.25, -0.2) is 8.42 Å². The molecule has 8 heteroatoms. The molecule has 1 aliphatic rings. The number of thiocarbonyl (C=S) groups is 1. The molecule has 3 atom stereocenters. The third kappa shape index (κ3) is 3.00. The molecular weight excluding hydrogens is 276 g/mol. The van der Waals surface area contributed by atoms with E-state index in [1.54, 1.807) is 6.92 Å². The molecule has 18 heavy (non-hydrogen) atoms. The van der Waals surface area contributed by atoms with Crippen molar-refractivity contribution in [2.45, 2.75) is 30.8 Å². The van der Waals surface area contributed by atoms with Gasteiger partial charge in [0.2, 0.25) is 10.0 Å². The second-order valence-corrected chi connectivity index (χ2v) is 6.80. The van der Waals surface area contributed by atoms with Gasteiger partial charge in [0.1, 0.15) is 5.25 Å². The molecule has 0 radical (unpaired) electrons. The molecule has 1 heterocycles. The van der Waals surface area contributed by atoms with Gasteiger partial charge < -0.3 is 15.2 Å². The van der Waals surface area contributed by atoms with Crippen LogP contribution in [0.15, 0.2) is 0 Å². The Hall–Kier alpha value is -0.280. The van der Waals surface area contributed by atoms with Crippen LogP contribution in [-0.2, 0) is 19.5 Å². The summed E-state index contributed by atoms with van der Waals surface area (Å²) < 4.78 is 36.5. The van der Waals surface area contributed by atoms with E-state index in [1.165, 1.54) is 18.5 Å². The number of rotatable bonds is 6. The van der Waals surface area contributed by atoms with Gasteiger partial charge in [-0.2, -0.15) is 4.31 Å². The average molecular weight is 296 g/mol. The minimum Gasteiger partial charge on any atom is -0.392 e. The Labute approximate surface area is 113 Å². The second-order valence-electron chi connectivity index (χ2n) is 4.21. The van der Waals surface area contributed by atoms with Gasteiger partial charge in [0, 0.05) is 27.3 Å². The first-order valence-corrected chi connectivity index (χ1v) is 7.63. The molecule has 0 aliphatic carbocycles. The second kappa shape index (κ2) is 6.25. The molecule has 0 aromatic carbocycles. The molecule has 1 aliphatic heterocycles. The Balaban J connectivity index is 2.91. The monoisotopic (exact) mass is 296 g/mol. The van der Waals surface area contributed by atoms with Crippen molar-refractivity contribution in [2.24, 2.45) is 5.73 Å². The molecule has 6 nitrogen and oxygen atoms in total. The maximum atomic E-state index is 12.4. The van der Waals surface area contributed by atoms with E-state index in [4.69, 9.17) is 27.4 Å². The molecule has 0 aromatic heterocycles. The molecule has 2 N–H and O–H groups in total. The maximum Gasteiger partial charge on any atom is 0.223 e. The van der Waals surface area contributed by atoms with Crippen molar-refractivity contribution >= 4 is 27.2 Å².